The molecule has 0 unspecified atom stereocenters. The number of carbonyl (C=O) groups is 3. The third-order valence-electron chi connectivity index (χ3n) is 5.46. The van der Waals surface area contributed by atoms with Crippen molar-refractivity contribution in [1.29, 1.82) is 0 Å². The first kappa shape index (κ1) is 25.1. The first-order valence-electron chi connectivity index (χ1n) is 9.94. The Morgan fingerprint density at radius 3 is 2.42 bits per heavy atom. The van der Waals surface area contributed by atoms with Crippen molar-refractivity contribution in [3.05, 3.63) is 22.4 Å². The molecule has 2 aliphatic rings. The first-order valence-corrected chi connectivity index (χ1v) is 10.8. The Bertz CT molecular complexity index is 770. The van der Waals surface area contributed by atoms with Gasteiger partial charge < -0.3 is 19.8 Å². The van der Waals surface area contributed by atoms with Gasteiger partial charge in [-0.3, -0.25) is 9.59 Å². The fourth-order valence-electron chi connectivity index (χ4n) is 4.33. The molecule has 1 aromatic rings. The number of aliphatic carboxylic acids is 1. The third kappa shape index (κ3) is 6.93. The van der Waals surface area contributed by atoms with Crippen LogP contribution in [0.15, 0.2) is 17.5 Å². The van der Waals surface area contributed by atoms with Gasteiger partial charge in [-0.15, -0.1) is 11.3 Å². The van der Waals surface area contributed by atoms with E-state index in [1.807, 2.05) is 22.4 Å². The minimum absolute atomic E-state index is 0.174. The van der Waals surface area contributed by atoms with E-state index in [1.54, 1.807) is 18.3 Å². The smallest absolute Gasteiger partial charge is 0.475 e. The zero-order valence-corrected chi connectivity index (χ0v) is 18.6. The molecule has 0 spiro atoms. The lowest BCUT2D eigenvalue weighted by Crippen LogP contribution is -2.51. The lowest BCUT2D eigenvalue weighted by atomic mass is 9.92. The number of alkyl halides is 3. The number of hydrogen-bond donors (Lipinski definition) is 1. The SMILES string of the molecule is CC(=O)N1[C@H](CN(C)C)C[C@@H]2CN(C(=O)Cc3cccs3)CC[C@@H]21.O=C(O)C(F)(F)F. The van der Waals surface area contributed by atoms with Crippen molar-refractivity contribution in [1.82, 2.24) is 14.7 Å². The average molecular weight is 464 g/mol. The molecule has 3 atom stereocenters. The van der Waals surface area contributed by atoms with E-state index in [0.29, 0.717) is 18.4 Å². The van der Waals surface area contributed by atoms with Gasteiger partial charge in [0.05, 0.1) is 6.42 Å². The monoisotopic (exact) mass is 463 g/mol. The molecule has 0 bridgehead atoms. The highest BCUT2D eigenvalue weighted by Crippen LogP contribution is 2.36. The predicted molar refractivity (Wildman–Crippen MR) is 110 cm³/mol. The lowest BCUT2D eigenvalue weighted by Gasteiger charge is -2.38. The molecule has 0 aromatic carbocycles. The molecule has 11 heteroatoms. The van der Waals surface area contributed by atoms with Gasteiger partial charge in [-0.1, -0.05) is 6.07 Å². The van der Waals surface area contributed by atoms with Crippen LogP contribution in [0.5, 0.6) is 0 Å². The van der Waals surface area contributed by atoms with E-state index >= 15 is 0 Å². The van der Waals surface area contributed by atoms with Crippen LogP contribution in [-0.2, 0) is 20.8 Å². The van der Waals surface area contributed by atoms with Gasteiger partial charge in [0.2, 0.25) is 11.8 Å². The number of carbonyl (C=O) groups excluding carboxylic acids is 2. The molecule has 2 amide bonds. The van der Waals surface area contributed by atoms with Crippen molar-refractivity contribution in [2.75, 3.05) is 33.7 Å². The molecule has 1 N–H and O–H groups in total. The molecule has 0 aliphatic carbocycles. The van der Waals surface area contributed by atoms with Crippen molar-refractivity contribution >= 4 is 29.1 Å². The fraction of sp³-hybridized carbons (Fsp3) is 0.650. The van der Waals surface area contributed by atoms with E-state index < -0.39 is 12.1 Å². The average Bonchev–Trinajstić information content (AvgIpc) is 3.27. The largest absolute Gasteiger partial charge is 0.490 e. The van der Waals surface area contributed by atoms with Gasteiger partial charge in [0.1, 0.15) is 0 Å². The summed E-state index contributed by atoms with van der Waals surface area (Å²) in [7, 11) is 4.11. The van der Waals surface area contributed by atoms with E-state index in [2.05, 4.69) is 23.9 Å². The Labute approximate surface area is 183 Å². The molecule has 31 heavy (non-hydrogen) atoms. The summed E-state index contributed by atoms with van der Waals surface area (Å²) in [4.78, 5) is 41.0. The lowest BCUT2D eigenvalue weighted by molar-refractivity contribution is -0.192. The molecule has 0 radical (unpaired) electrons. The maximum absolute atomic E-state index is 12.6. The number of amides is 2. The highest BCUT2D eigenvalue weighted by Gasteiger charge is 2.45. The number of likely N-dealkylation sites (N-methyl/N-ethyl adjacent to an activating group) is 1. The molecule has 2 aliphatic heterocycles. The van der Waals surface area contributed by atoms with E-state index in [9.17, 15) is 22.8 Å². The summed E-state index contributed by atoms with van der Waals surface area (Å²) >= 11 is 1.64. The summed E-state index contributed by atoms with van der Waals surface area (Å²) in [6, 6.07) is 4.60. The van der Waals surface area contributed by atoms with E-state index in [0.717, 1.165) is 37.4 Å². The summed E-state index contributed by atoms with van der Waals surface area (Å²) in [5.74, 6) is -1.94. The van der Waals surface area contributed by atoms with Crippen LogP contribution in [-0.4, -0.2) is 89.6 Å². The normalized spacial score (nSPS) is 23.3. The molecule has 1 aromatic heterocycles. The second-order valence-corrected chi connectivity index (χ2v) is 9.13. The highest BCUT2D eigenvalue weighted by molar-refractivity contribution is 7.10. The molecule has 3 rings (SSSR count). The van der Waals surface area contributed by atoms with Crippen molar-refractivity contribution in [2.45, 2.75) is 44.4 Å². The minimum Gasteiger partial charge on any atom is -0.475 e. The number of nitrogens with zero attached hydrogens (tertiary/aromatic N) is 3. The second-order valence-electron chi connectivity index (χ2n) is 8.09. The minimum atomic E-state index is -5.08. The van der Waals surface area contributed by atoms with Crippen LogP contribution in [0.3, 0.4) is 0 Å². The third-order valence-corrected chi connectivity index (χ3v) is 6.34. The quantitative estimate of drug-likeness (QED) is 0.741. The number of carboxylic acids is 1. The molecule has 7 nitrogen and oxygen atoms in total. The van der Waals surface area contributed by atoms with Crippen LogP contribution in [0.1, 0.15) is 24.6 Å². The Balaban J connectivity index is 0.000000423. The maximum atomic E-state index is 12.6. The van der Waals surface area contributed by atoms with Crippen LogP contribution in [0.2, 0.25) is 0 Å². The van der Waals surface area contributed by atoms with Gasteiger partial charge in [0.25, 0.3) is 0 Å². The van der Waals surface area contributed by atoms with E-state index in [4.69, 9.17) is 9.90 Å². The zero-order valence-electron chi connectivity index (χ0n) is 17.8. The predicted octanol–water partition coefficient (Wildman–Crippen LogP) is 2.32. The van der Waals surface area contributed by atoms with Gasteiger partial charge in [-0.25, -0.2) is 4.79 Å². The second kappa shape index (κ2) is 10.4. The van der Waals surface area contributed by atoms with Crippen LogP contribution in [0.25, 0.3) is 0 Å². The Hall–Kier alpha value is -2.14. The Kier molecular flexibility index (Phi) is 8.47. The van der Waals surface area contributed by atoms with Gasteiger partial charge in [-0.2, -0.15) is 13.2 Å². The molecule has 0 saturated carbocycles. The fourth-order valence-corrected chi connectivity index (χ4v) is 5.02. The van der Waals surface area contributed by atoms with Gasteiger partial charge >= 0.3 is 12.1 Å². The number of hydrogen-bond acceptors (Lipinski definition) is 5. The van der Waals surface area contributed by atoms with Crippen LogP contribution in [0, 0.1) is 5.92 Å². The van der Waals surface area contributed by atoms with Crippen molar-refractivity contribution < 1.29 is 32.7 Å². The summed E-state index contributed by atoms with van der Waals surface area (Å²) in [6.07, 6.45) is -2.66. The number of carboxylic acid groups (broad SMARTS) is 1. The molecular formula is C20H28F3N3O4S. The van der Waals surface area contributed by atoms with Crippen LogP contribution >= 0.6 is 11.3 Å². The van der Waals surface area contributed by atoms with Crippen molar-refractivity contribution in [3.8, 4) is 0 Å². The molecule has 2 saturated heterocycles. The maximum Gasteiger partial charge on any atom is 0.490 e. The number of likely N-dealkylation sites (tertiary alicyclic amines) is 2. The molecule has 174 valence electrons. The Morgan fingerprint density at radius 2 is 1.94 bits per heavy atom. The number of rotatable bonds is 4. The van der Waals surface area contributed by atoms with Crippen LogP contribution < -0.4 is 0 Å². The number of fused-ring (bicyclic) bond motifs is 1. The molecule has 3 heterocycles. The van der Waals surface area contributed by atoms with Crippen molar-refractivity contribution in [3.63, 3.8) is 0 Å². The van der Waals surface area contributed by atoms with Gasteiger partial charge in [0, 0.05) is 43.5 Å². The number of piperidine rings is 1. The van der Waals surface area contributed by atoms with E-state index in [1.165, 1.54) is 0 Å². The first-order chi connectivity index (χ1) is 14.4. The van der Waals surface area contributed by atoms with Gasteiger partial charge in [0.15, 0.2) is 0 Å². The zero-order chi connectivity index (χ0) is 23.3. The summed E-state index contributed by atoms with van der Waals surface area (Å²) in [6.45, 7) is 4.14. The summed E-state index contributed by atoms with van der Waals surface area (Å²) < 4.78 is 31.7. The molecule has 2 fully saturated rings. The summed E-state index contributed by atoms with van der Waals surface area (Å²) in [5.41, 5.74) is 0. The topological polar surface area (TPSA) is 81.2 Å². The van der Waals surface area contributed by atoms with E-state index in [-0.39, 0.29) is 17.9 Å². The highest BCUT2D eigenvalue weighted by atomic mass is 32.1. The van der Waals surface area contributed by atoms with Crippen LogP contribution in [0.4, 0.5) is 13.2 Å². The van der Waals surface area contributed by atoms with Gasteiger partial charge in [-0.05, 0) is 44.3 Å². The number of thiophene rings is 1. The molecular weight excluding hydrogens is 435 g/mol. The summed E-state index contributed by atoms with van der Waals surface area (Å²) in [5, 5.41) is 9.14. The Morgan fingerprint density at radius 1 is 1.29 bits per heavy atom. The van der Waals surface area contributed by atoms with Crippen molar-refractivity contribution in [2.24, 2.45) is 5.92 Å². The standard InChI is InChI=1S/C18H27N3O2S.C2HF3O2/c1-13(22)21-15(12-19(2)3)9-14-11-20(7-6-17(14)21)18(23)10-16-5-4-8-24-16;3-2(4,5)1(6)7/h4-5,8,14-15,17H,6-7,9-12H2,1-3H3;(H,6,7)/t14-,15+,17+;/m1./s1. The number of halogens is 3.